The molecule has 2 aromatic rings. The molecule has 0 radical (unpaired) electrons. The maximum atomic E-state index is 13.1. The molecule has 2 aliphatic rings. The van der Waals surface area contributed by atoms with Crippen molar-refractivity contribution >= 4 is 33.0 Å². The fraction of sp³-hybridized carbons (Fsp3) is 0.421. The van der Waals surface area contributed by atoms with Crippen molar-refractivity contribution in [2.45, 2.75) is 30.4 Å². The van der Waals surface area contributed by atoms with Gasteiger partial charge in [-0.05, 0) is 49.9 Å². The van der Waals surface area contributed by atoms with E-state index in [2.05, 4.69) is 6.07 Å². The van der Waals surface area contributed by atoms with Crippen molar-refractivity contribution in [2.75, 3.05) is 24.5 Å². The second-order valence-electron chi connectivity index (χ2n) is 6.94. The van der Waals surface area contributed by atoms with Crippen molar-refractivity contribution in [3.05, 3.63) is 46.8 Å². The van der Waals surface area contributed by atoms with E-state index in [4.69, 9.17) is 0 Å². The van der Waals surface area contributed by atoms with E-state index in [1.165, 1.54) is 21.2 Å². The van der Waals surface area contributed by atoms with Crippen molar-refractivity contribution < 1.29 is 13.2 Å². The van der Waals surface area contributed by atoms with Gasteiger partial charge in [-0.25, -0.2) is 8.42 Å². The van der Waals surface area contributed by atoms with Crippen LogP contribution in [-0.4, -0.2) is 38.3 Å². The zero-order chi connectivity index (χ0) is 18.3. The number of fused-ring (bicyclic) bond motifs is 1. The van der Waals surface area contributed by atoms with Gasteiger partial charge in [-0.3, -0.25) is 4.79 Å². The predicted octanol–water partition coefficient (Wildman–Crippen LogP) is 3.05. The molecule has 1 aromatic carbocycles. The smallest absolute Gasteiger partial charge is 0.252 e. The summed E-state index contributed by atoms with van der Waals surface area (Å²) in [7, 11) is -3.51. The number of rotatable bonds is 3. The number of amides is 1. The van der Waals surface area contributed by atoms with E-state index in [1.54, 1.807) is 6.07 Å². The summed E-state index contributed by atoms with van der Waals surface area (Å²) in [5.74, 6) is -0.219. The molecule has 1 aromatic heterocycles. The minimum Gasteiger partial charge on any atom is -0.312 e. The number of carbonyl (C=O) groups excluding carboxylic acids is 1. The van der Waals surface area contributed by atoms with Crippen LogP contribution in [0.1, 0.15) is 23.3 Å². The SMILES string of the molecule is Cc1ccc(S(=O)(=O)N2CCC[C@@H](C(=O)N3CCc4ccccc43)C2)s1. The van der Waals surface area contributed by atoms with Gasteiger partial charge in [0.2, 0.25) is 5.91 Å². The number of aryl methyl sites for hydroxylation is 1. The second kappa shape index (κ2) is 6.79. The molecule has 0 bridgehead atoms. The number of para-hydroxylation sites is 1. The zero-order valence-electron chi connectivity index (χ0n) is 14.7. The standard InChI is InChI=1S/C19H22N2O3S2/c1-14-8-9-18(25-14)26(23,24)20-11-4-6-16(13-20)19(22)21-12-10-15-5-2-3-7-17(15)21/h2-3,5,7-9,16H,4,6,10-13H2,1H3/t16-/m1/s1. The first kappa shape index (κ1) is 17.7. The fourth-order valence-electron chi connectivity index (χ4n) is 3.83. The van der Waals surface area contributed by atoms with Crippen LogP contribution in [0.5, 0.6) is 0 Å². The van der Waals surface area contributed by atoms with Crippen molar-refractivity contribution in [2.24, 2.45) is 5.92 Å². The summed E-state index contributed by atoms with van der Waals surface area (Å²) in [6, 6.07) is 11.5. The Bertz CT molecular complexity index is 936. The maximum Gasteiger partial charge on any atom is 0.252 e. The number of anilines is 1. The highest BCUT2D eigenvalue weighted by molar-refractivity contribution is 7.91. The highest BCUT2D eigenvalue weighted by Crippen LogP contribution is 2.32. The molecule has 138 valence electrons. The average molecular weight is 391 g/mol. The third-order valence-electron chi connectivity index (χ3n) is 5.20. The molecule has 0 aliphatic carbocycles. The maximum absolute atomic E-state index is 13.1. The van der Waals surface area contributed by atoms with Gasteiger partial charge in [0.15, 0.2) is 0 Å². The molecule has 4 rings (SSSR count). The Balaban J connectivity index is 1.53. The van der Waals surface area contributed by atoms with Gasteiger partial charge in [0, 0.05) is 30.2 Å². The molecule has 26 heavy (non-hydrogen) atoms. The van der Waals surface area contributed by atoms with E-state index in [1.807, 2.05) is 36.1 Å². The number of thiophene rings is 1. The van der Waals surface area contributed by atoms with Crippen LogP contribution in [0, 0.1) is 12.8 Å². The van der Waals surface area contributed by atoms with E-state index in [9.17, 15) is 13.2 Å². The minimum atomic E-state index is -3.51. The van der Waals surface area contributed by atoms with Crippen LogP contribution in [0.15, 0.2) is 40.6 Å². The van der Waals surface area contributed by atoms with E-state index in [0.29, 0.717) is 17.3 Å². The van der Waals surface area contributed by atoms with Gasteiger partial charge in [-0.15, -0.1) is 11.3 Å². The van der Waals surface area contributed by atoms with Crippen molar-refractivity contribution in [3.8, 4) is 0 Å². The van der Waals surface area contributed by atoms with E-state index >= 15 is 0 Å². The topological polar surface area (TPSA) is 57.7 Å². The lowest BCUT2D eigenvalue weighted by atomic mass is 9.98. The van der Waals surface area contributed by atoms with Gasteiger partial charge < -0.3 is 4.90 Å². The van der Waals surface area contributed by atoms with E-state index in [0.717, 1.165) is 29.8 Å². The highest BCUT2D eigenvalue weighted by atomic mass is 32.2. The molecule has 1 atom stereocenters. The largest absolute Gasteiger partial charge is 0.312 e. The summed E-state index contributed by atoms with van der Waals surface area (Å²) in [5.41, 5.74) is 2.17. The molecule has 2 aliphatic heterocycles. The van der Waals surface area contributed by atoms with Gasteiger partial charge in [0.1, 0.15) is 4.21 Å². The number of sulfonamides is 1. The molecule has 1 saturated heterocycles. The Morgan fingerprint density at radius 1 is 1.15 bits per heavy atom. The first-order valence-corrected chi connectivity index (χ1v) is 11.2. The van der Waals surface area contributed by atoms with Gasteiger partial charge in [0.25, 0.3) is 10.0 Å². The minimum absolute atomic E-state index is 0.0530. The van der Waals surface area contributed by atoms with Crippen LogP contribution >= 0.6 is 11.3 Å². The van der Waals surface area contributed by atoms with Crippen LogP contribution in [-0.2, 0) is 21.2 Å². The number of piperidine rings is 1. The quantitative estimate of drug-likeness (QED) is 0.809. The van der Waals surface area contributed by atoms with Crippen LogP contribution in [0.25, 0.3) is 0 Å². The zero-order valence-corrected chi connectivity index (χ0v) is 16.4. The Morgan fingerprint density at radius 3 is 2.73 bits per heavy atom. The molecule has 3 heterocycles. The molecule has 0 unspecified atom stereocenters. The summed E-state index contributed by atoms with van der Waals surface area (Å²) in [4.78, 5) is 15.9. The summed E-state index contributed by atoms with van der Waals surface area (Å²) in [6.45, 7) is 3.35. The number of nitrogens with zero attached hydrogens (tertiary/aromatic N) is 2. The Kier molecular flexibility index (Phi) is 4.62. The Hall–Kier alpha value is -1.70. The molecule has 0 saturated carbocycles. The predicted molar refractivity (Wildman–Crippen MR) is 103 cm³/mol. The third kappa shape index (κ3) is 3.08. The van der Waals surface area contributed by atoms with Gasteiger partial charge >= 0.3 is 0 Å². The van der Waals surface area contributed by atoms with Crippen molar-refractivity contribution in [1.82, 2.24) is 4.31 Å². The molecular formula is C19H22N2O3S2. The molecule has 7 heteroatoms. The molecule has 0 N–H and O–H groups in total. The van der Waals surface area contributed by atoms with Crippen molar-refractivity contribution in [1.29, 1.82) is 0 Å². The monoisotopic (exact) mass is 390 g/mol. The van der Waals surface area contributed by atoms with E-state index in [-0.39, 0.29) is 18.4 Å². The number of carbonyl (C=O) groups is 1. The summed E-state index contributed by atoms with van der Waals surface area (Å²) in [5, 5.41) is 0. The average Bonchev–Trinajstić information content (AvgIpc) is 3.28. The van der Waals surface area contributed by atoms with Crippen LogP contribution in [0.4, 0.5) is 5.69 Å². The number of hydrogen-bond acceptors (Lipinski definition) is 4. The van der Waals surface area contributed by atoms with Crippen LogP contribution in [0.2, 0.25) is 0 Å². The van der Waals surface area contributed by atoms with Crippen molar-refractivity contribution in [3.63, 3.8) is 0 Å². The lowest BCUT2D eigenvalue weighted by Gasteiger charge is -2.33. The molecular weight excluding hydrogens is 368 g/mol. The van der Waals surface area contributed by atoms with Crippen LogP contribution in [0.3, 0.4) is 0 Å². The third-order valence-corrected chi connectivity index (χ3v) is 8.53. The Labute approximate surface area is 158 Å². The molecule has 0 spiro atoms. The number of hydrogen-bond donors (Lipinski definition) is 0. The highest BCUT2D eigenvalue weighted by Gasteiger charge is 2.37. The molecule has 5 nitrogen and oxygen atoms in total. The molecule has 1 amide bonds. The summed E-state index contributed by atoms with van der Waals surface area (Å²) >= 11 is 1.29. The summed E-state index contributed by atoms with van der Waals surface area (Å²) in [6.07, 6.45) is 2.33. The first-order valence-electron chi connectivity index (χ1n) is 8.93. The lowest BCUT2D eigenvalue weighted by Crippen LogP contribution is -2.46. The summed E-state index contributed by atoms with van der Waals surface area (Å²) < 4.78 is 27.7. The van der Waals surface area contributed by atoms with Gasteiger partial charge in [0.05, 0.1) is 5.92 Å². The first-order chi connectivity index (χ1) is 12.5. The lowest BCUT2D eigenvalue weighted by molar-refractivity contribution is -0.123. The normalized spacial score (nSPS) is 21.0. The van der Waals surface area contributed by atoms with Gasteiger partial charge in [-0.2, -0.15) is 4.31 Å². The Morgan fingerprint density at radius 2 is 1.96 bits per heavy atom. The number of benzene rings is 1. The van der Waals surface area contributed by atoms with Crippen LogP contribution < -0.4 is 4.90 Å². The second-order valence-corrected chi connectivity index (χ2v) is 10.4. The fourth-order valence-corrected chi connectivity index (χ4v) is 6.79. The molecule has 1 fully saturated rings. The van der Waals surface area contributed by atoms with Gasteiger partial charge in [-0.1, -0.05) is 18.2 Å². The van der Waals surface area contributed by atoms with E-state index < -0.39 is 10.0 Å².